The molecule has 2 aromatic rings. The van der Waals surface area contributed by atoms with Crippen LogP contribution in [0.25, 0.3) is 0 Å². The zero-order valence-electron chi connectivity index (χ0n) is 10.9. The van der Waals surface area contributed by atoms with E-state index in [9.17, 15) is 0 Å². The highest BCUT2D eigenvalue weighted by Crippen LogP contribution is 2.27. The van der Waals surface area contributed by atoms with Crippen LogP contribution in [0.3, 0.4) is 0 Å². The highest BCUT2D eigenvalue weighted by molar-refractivity contribution is 9.10. The Morgan fingerprint density at radius 2 is 1.84 bits per heavy atom. The molecule has 0 aliphatic rings. The molecule has 19 heavy (non-hydrogen) atoms. The van der Waals surface area contributed by atoms with Crippen LogP contribution in [0, 0.1) is 18.3 Å². The molecule has 2 rings (SSSR count). The van der Waals surface area contributed by atoms with Crippen LogP contribution >= 0.6 is 15.9 Å². The maximum Gasteiger partial charge on any atom is 0.0991 e. The highest BCUT2D eigenvalue weighted by atomic mass is 79.9. The molecule has 1 N–H and O–H groups in total. The van der Waals surface area contributed by atoms with E-state index in [-0.39, 0.29) is 6.04 Å². The van der Waals surface area contributed by atoms with Crippen molar-refractivity contribution in [1.29, 1.82) is 5.26 Å². The maximum absolute atomic E-state index is 8.79. The number of hydrogen-bond acceptors (Lipinski definition) is 2. The van der Waals surface area contributed by atoms with Crippen LogP contribution in [0.4, 0.5) is 5.69 Å². The molecular weight excluding hydrogens is 300 g/mol. The molecule has 2 nitrogen and oxygen atoms in total. The second kappa shape index (κ2) is 5.90. The van der Waals surface area contributed by atoms with Crippen molar-refractivity contribution in [1.82, 2.24) is 0 Å². The summed E-state index contributed by atoms with van der Waals surface area (Å²) in [5, 5.41) is 12.3. The fourth-order valence-corrected chi connectivity index (χ4v) is 2.51. The monoisotopic (exact) mass is 314 g/mol. The SMILES string of the molecule is Cc1ccc(NC(C)c2ccc(C#N)cc2)c(Br)c1. The molecule has 0 aromatic heterocycles. The van der Waals surface area contributed by atoms with Gasteiger partial charge in [-0.05, 0) is 65.2 Å². The van der Waals surface area contributed by atoms with Crippen molar-refractivity contribution in [2.24, 2.45) is 0 Å². The number of nitrogens with one attached hydrogen (secondary N) is 1. The number of aryl methyl sites for hydroxylation is 1. The topological polar surface area (TPSA) is 35.8 Å². The molecule has 0 amide bonds. The van der Waals surface area contributed by atoms with Gasteiger partial charge in [0.1, 0.15) is 0 Å². The summed E-state index contributed by atoms with van der Waals surface area (Å²) in [5.41, 5.74) is 4.14. The van der Waals surface area contributed by atoms with Gasteiger partial charge in [0.25, 0.3) is 0 Å². The van der Waals surface area contributed by atoms with Crippen molar-refractivity contribution in [3.05, 3.63) is 63.6 Å². The van der Waals surface area contributed by atoms with Gasteiger partial charge in [-0.15, -0.1) is 0 Å². The summed E-state index contributed by atoms with van der Waals surface area (Å²) < 4.78 is 1.06. The molecule has 0 radical (unpaired) electrons. The summed E-state index contributed by atoms with van der Waals surface area (Å²) in [6.07, 6.45) is 0. The molecule has 1 unspecified atom stereocenters. The summed E-state index contributed by atoms with van der Waals surface area (Å²) in [4.78, 5) is 0. The fraction of sp³-hybridized carbons (Fsp3) is 0.188. The summed E-state index contributed by atoms with van der Waals surface area (Å²) in [6, 6.07) is 16.2. The van der Waals surface area contributed by atoms with Crippen molar-refractivity contribution in [3.63, 3.8) is 0 Å². The summed E-state index contributed by atoms with van der Waals surface area (Å²) >= 11 is 3.57. The molecule has 96 valence electrons. The van der Waals surface area contributed by atoms with E-state index in [0.29, 0.717) is 5.56 Å². The van der Waals surface area contributed by atoms with Gasteiger partial charge >= 0.3 is 0 Å². The highest BCUT2D eigenvalue weighted by Gasteiger charge is 2.07. The van der Waals surface area contributed by atoms with E-state index in [0.717, 1.165) is 15.7 Å². The first-order valence-electron chi connectivity index (χ1n) is 6.13. The maximum atomic E-state index is 8.79. The summed E-state index contributed by atoms with van der Waals surface area (Å²) in [5.74, 6) is 0. The predicted octanol–water partition coefficient (Wildman–Crippen LogP) is 4.80. The molecule has 0 aliphatic heterocycles. The molecule has 0 aliphatic carbocycles. The minimum atomic E-state index is 0.187. The smallest absolute Gasteiger partial charge is 0.0991 e. The van der Waals surface area contributed by atoms with Crippen molar-refractivity contribution >= 4 is 21.6 Å². The molecular formula is C16H15BrN2. The Bertz CT molecular complexity index is 612. The summed E-state index contributed by atoms with van der Waals surface area (Å²) in [7, 11) is 0. The average molecular weight is 315 g/mol. The van der Waals surface area contributed by atoms with E-state index in [1.807, 2.05) is 24.3 Å². The van der Waals surface area contributed by atoms with Gasteiger partial charge in [0, 0.05) is 16.2 Å². The quantitative estimate of drug-likeness (QED) is 0.883. The van der Waals surface area contributed by atoms with Gasteiger partial charge in [0.15, 0.2) is 0 Å². The van der Waals surface area contributed by atoms with E-state index >= 15 is 0 Å². The lowest BCUT2D eigenvalue weighted by Crippen LogP contribution is -2.07. The lowest BCUT2D eigenvalue weighted by atomic mass is 10.1. The minimum Gasteiger partial charge on any atom is -0.378 e. The van der Waals surface area contributed by atoms with Crippen molar-refractivity contribution < 1.29 is 0 Å². The van der Waals surface area contributed by atoms with E-state index in [1.54, 1.807) is 0 Å². The van der Waals surface area contributed by atoms with Gasteiger partial charge in [-0.25, -0.2) is 0 Å². The van der Waals surface area contributed by atoms with Gasteiger partial charge in [-0.2, -0.15) is 5.26 Å². The number of rotatable bonds is 3. The molecule has 0 saturated carbocycles. The molecule has 1 atom stereocenters. The van der Waals surface area contributed by atoms with Gasteiger partial charge in [0.05, 0.1) is 11.6 Å². The van der Waals surface area contributed by atoms with Crippen LogP contribution in [0.2, 0.25) is 0 Å². The lowest BCUT2D eigenvalue weighted by molar-refractivity contribution is 0.883. The molecule has 0 fully saturated rings. The Hall–Kier alpha value is -1.79. The van der Waals surface area contributed by atoms with Gasteiger partial charge in [-0.3, -0.25) is 0 Å². The van der Waals surface area contributed by atoms with Crippen LogP contribution in [0.1, 0.15) is 29.7 Å². The first kappa shape index (κ1) is 13.6. The Morgan fingerprint density at radius 1 is 1.16 bits per heavy atom. The predicted molar refractivity (Wildman–Crippen MR) is 82.1 cm³/mol. The summed E-state index contributed by atoms with van der Waals surface area (Å²) in [6.45, 7) is 4.17. The molecule has 0 heterocycles. The largest absolute Gasteiger partial charge is 0.378 e. The van der Waals surface area contributed by atoms with Crippen LogP contribution < -0.4 is 5.32 Å². The van der Waals surface area contributed by atoms with Crippen molar-refractivity contribution in [2.75, 3.05) is 5.32 Å². The molecule has 0 bridgehead atoms. The molecule has 2 aromatic carbocycles. The zero-order chi connectivity index (χ0) is 13.8. The second-order valence-corrected chi connectivity index (χ2v) is 5.44. The number of nitriles is 1. The van der Waals surface area contributed by atoms with Crippen molar-refractivity contribution in [3.8, 4) is 6.07 Å². The molecule has 0 saturated heterocycles. The van der Waals surface area contributed by atoms with Crippen LogP contribution in [-0.4, -0.2) is 0 Å². The second-order valence-electron chi connectivity index (χ2n) is 4.58. The van der Waals surface area contributed by atoms with Crippen LogP contribution in [0.15, 0.2) is 46.9 Å². The number of halogens is 1. The number of nitrogens with zero attached hydrogens (tertiary/aromatic N) is 1. The standard InChI is InChI=1S/C16H15BrN2/c1-11-3-8-16(15(17)9-11)19-12(2)14-6-4-13(10-18)5-7-14/h3-9,12,19H,1-2H3. The van der Waals surface area contributed by atoms with Gasteiger partial charge < -0.3 is 5.32 Å². The van der Waals surface area contributed by atoms with Gasteiger partial charge in [-0.1, -0.05) is 18.2 Å². The third-order valence-electron chi connectivity index (χ3n) is 3.04. The van der Waals surface area contributed by atoms with Crippen molar-refractivity contribution in [2.45, 2.75) is 19.9 Å². The Morgan fingerprint density at radius 3 is 2.42 bits per heavy atom. The normalized spacial score (nSPS) is 11.7. The Kier molecular flexibility index (Phi) is 4.24. The number of anilines is 1. The lowest BCUT2D eigenvalue weighted by Gasteiger charge is -2.17. The fourth-order valence-electron chi connectivity index (χ4n) is 1.90. The molecule has 0 spiro atoms. The first-order valence-corrected chi connectivity index (χ1v) is 6.92. The van der Waals surface area contributed by atoms with E-state index in [2.05, 4.69) is 59.4 Å². The van der Waals surface area contributed by atoms with Crippen LogP contribution in [-0.2, 0) is 0 Å². The first-order chi connectivity index (χ1) is 9.10. The Balaban J connectivity index is 2.16. The minimum absolute atomic E-state index is 0.187. The van der Waals surface area contributed by atoms with E-state index in [4.69, 9.17) is 5.26 Å². The molecule has 3 heteroatoms. The zero-order valence-corrected chi connectivity index (χ0v) is 12.5. The average Bonchev–Trinajstić information content (AvgIpc) is 2.42. The number of hydrogen-bond donors (Lipinski definition) is 1. The Labute approximate surface area is 122 Å². The van der Waals surface area contributed by atoms with E-state index in [1.165, 1.54) is 5.56 Å². The third-order valence-corrected chi connectivity index (χ3v) is 3.69. The van der Waals surface area contributed by atoms with Gasteiger partial charge in [0.2, 0.25) is 0 Å². The van der Waals surface area contributed by atoms with Crippen LogP contribution in [0.5, 0.6) is 0 Å². The number of benzene rings is 2. The third kappa shape index (κ3) is 3.36. The van der Waals surface area contributed by atoms with E-state index < -0.39 is 0 Å².